The molecule has 1 fully saturated rings. The molecule has 0 aliphatic carbocycles. The zero-order chi connectivity index (χ0) is 17.3. The Morgan fingerprint density at radius 2 is 2.12 bits per heavy atom. The second-order valence-corrected chi connectivity index (χ2v) is 10.0. The number of hydrogen-bond acceptors (Lipinski definition) is 5. The largest absolute Gasteiger partial charge is 0.268 e. The highest BCUT2D eigenvalue weighted by atomic mass is 32.2. The highest BCUT2D eigenvalue weighted by Gasteiger charge is 2.32. The summed E-state index contributed by atoms with van der Waals surface area (Å²) in [4.78, 5) is 1.73. The van der Waals surface area contributed by atoms with Crippen molar-refractivity contribution in [2.75, 3.05) is 18.8 Å². The van der Waals surface area contributed by atoms with Gasteiger partial charge in [0.2, 0.25) is 10.0 Å². The van der Waals surface area contributed by atoms with Gasteiger partial charge < -0.3 is 0 Å². The molecule has 0 aromatic carbocycles. The van der Waals surface area contributed by atoms with Crippen molar-refractivity contribution in [3.63, 3.8) is 0 Å². The van der Waals surface area contributed by atoms with Crippen LogP contribution in [0.5, 0.6) is 0 Å². The van der Waals surface area contributed by atoms with Gasteiger partial charge in [-0.15, -0.1) is 11.3 Å². The summed E-state index contributed by atoms with van der Waals surface area (Å²) in [6, 6.07) is 4.21. The first-order valence-electron chi connectivity index (χ1n) is 8.14. The van der Waals surface area contributed by atoms with E-state index in [2.05, 4.69) is 22.6 Å². The molecule has 5 nitrogen and oxygen atoms in total. The molecule has 2 aromatic heterocycles. The van der Waals surface area contributed by atoms with Crippen molar-refractivity contribution in [3.8, 4) is 0 Å². The number of aryl methyl sites for hydroxylation is 2. The second kappa shape index (κ2) is 7.19. The molecule has 0 amide bonds. The molecule has 1 unspecified atom stereocenters. The van der Waals surface area contributed by atoms with Gasteiger partial charge in [-0.05, 0) is 38.6 Å². The fourth-order valence-corrected chi connectivity index (χ4v) is 7.36. The smallest absolute Gasteiger partial charge is 0.246 e. The van der Waals surface area contributed by atoms with Crippen molar-refractivity contribution in [2.45, 2.75) is 43.9 Å². The van der Waals surface area contributed by atoms with E-state index >= 15 is 0 Å². The maximum absolute atomic E-state index is 13.2. The molecule has 2 aromatic rings. The minimum absolute atomic E-state index is 0.393. The molecule has 1 saturated heterocycles. The van der Waals surface area contributed by atoms with Crippen molar-refractivity contribution in [2.24, 2.45) is 0 Å². The number of sulfonamides is 1. The number of hydrogen-bond donors (Lipinski definition) is 0. The molecule has 0 radical (unpaired) electrons. The summed E-state index contributed by atoms with van der Waals surface area (Å²) in [6.45, 7) is 7.41. The Balaban J connectivity index is 1.84. The Kier molecular flexibility index (Phi) is 5.39. The predicted octanol–water partition coefficient (Wildman–Crippen LogP) is 3.45. The molecule has 1 atom stereocenters. The molecule has 132 valence electrons. The molecule has 0 saturated carbocycles. The van der Waals surface area contributed by atoms with Crippen LogP contribution in [0.4, 0.5) is 0 Å². The highest BCUT2D eigenvalue weighted by molar-refractivity contribution is 7.99. The number of thiophene rings is 1. The van der Waals surface area contributed by atoms with Gasteiger partial charge in [0, 0.05) is 35.5 Å². The number of thioether (sulfide) groups is 1. The predicted molar refractivity (Wildman–Crippen MR) is 100 cm³/mol. The third-order valence-corrected chi connectivity index (χ3v) is 8.97. The first kappa shape index (κ1) is 18.0. The Morgan fingerprint density at radius 1 is 1.33 bits per heavy atom. The lowest BCUT2D eigenvalue weighted by Gasteiger charge is -2.20. The first-order valence-corrected chi connectivity index (χ1v) is 11.5. The van der Waals surface area contributed by atoms with E-state index < -0.39 is 10.0 Å². The normalized spacial score (nSPS) is 20.2. The lowest BCUT2D eigenvalue weighted by molar-refractivity contribution is 0.427. The van der Waals surface area contributed by atoms with Gasteiger partial charge >= 0.3 is 0 Å². The van der Waals surface area contributed by atoms with Crippen LogP contribution in [0.15, 0.2) is 22.4 Å². The minimum Gasteiger partial charge on any atom is -0.268 e. The van der Waals surface area contributed by atoms with Gasteiger partial charge in [0.25, 0.3) is 0 Å². The number of nitrogens with zero attached hydrogens (tertiary/aromatic N) is 3. The Bertz CT molecular complexity index is 797. The lowest BCUT2D eigenvalue weighted by Crippen LogP contribution is -2.33. The van der Waals surface area contributed by atoms with Crippen molar-refractivity contribution in [1.29, 1.82) is 0 Å². The third kappa shape index (κ3) is 3.29. The van der Waals surface area contributed by atoms with Gasteiger partial charge in [0.15, 0.2) is 0 Å². The molecular formula is C16H23N3O2S3. The summed E-state index contributed by atoms with van der Waals surface area (Å²) in [6.07, 6.45) is 0.852. The average Bonchev–Trinajstić information content (AvgIpc) is 3.08. The molecule has 3 rings (SSSR count). The Labute approximate surface area is 152 Å². The standard InChI is InChI=1S/C16H23N3O2S3/c1-4-19-13(3)16(12(2)17-19)24(20,21)18-8-7-15(23-11-9-18)14-6-5-10-22-14/h5-6,10,15H,4,7-9,11H2,1-3H3. The zero-order valence-electron chi connectivity index (χ0n) is 14.2. The van der Waals surface area contributed by atoms with Crippen molar-refractivity contribution < 1.29 is 8.42 Å². The van der Waals surface area contributed by atoms with Crippen LogP contribution in [0, 0.1) is 13.8 Å². The molecule has 24 heavy (non-hydrogen) atoms. The van der Waals surface area contributed by atoms with E-state index in [0.717, 1.165) is 17.9 Å². The van der Waals surface area contributed by atoms with Gasteiger partial charge in [-0.1, -0.05) is 6.07 Å². The minimum atomic E-state index is -3.49. The SMILES string of the molecule is CCn1nc(C)c(S(=O)(=O)N2CCSC(c3cccs3)CC2)c1C. The fourth-order valence-electron chi connectivity index (χ4n) is 3.18. The summed E-state index contributed by atoms with van der Waals surface area (Å²) in [5, 5.41) is 6.85. The van der Waals surface area contributed by atoms with E-state index in [1.54, 1.807) is 27.2 Å². The quantitative estimate of drug-likeness (QED) is 0.809. The van der Waals surface area contributed by atoms with Crippen LogP contribution in [0.2, 0.25) is 0 Å². The maximum Gasteiger partial charge on any atom is 0.246 e. The monoisotopic (exact) mass is 385 g/mol. The molecule has 3 heterocycles. The van der Waals surface area contributed by atoms with Gasteiger partial charge in [0.1, 0.15) is 4.90 Å². The van der Waals surface area contributed by atoms with Crippen molar-refractivity contribution >= 4 is 33.1 Å². The number of aromatic nitrogens is 2. The molecule has 0 spiro atoms. The molecule has 1 aliphatic rings. The third-order valence-electron chi connectivity index (χ3n) is 4.37. The van der Waals surface area contributed by atoms with Crippen LogP contribution in [-0.4, -0.2) is 41.3 Å². The Hall–Kier alpha value is -0.830. The fraction of sp³-hybridized carbons (Fsp3) is 0.562. The molecule has 0 N–H and O–H groups in total. The average molecular weight is 386 g/mol. The molecule has 0 bridgehead atoms. The first-order chi connectivity index (χ1) is 11.4. The summed E-state index contributed by atoms with van der Waals surface area (Å²) >= 11 is 3.61. The lowest BCUT2D eigenvalue weighted by atomic mass is 10.2. The summed E-state index contributed by atoms with van der Waals surface area (Å²) in [5.74, 6) is 0.821. The number of rotatable bonds is 4. The van der Waals surface area contributed by atoms with Crippen molar-refractivity contribution in [3.05, 3.63) is 33.8 Å². The van der Waals surface area contributed by atoms with E-state index in [4.69, 9.17) is 0 Å². The molecule has 1 aliphatic heterocycles. The zero-order valence-corrected chi connectivity index (χ0v) is 16.7. The van der Waals surface area contributed by atoms with Gasteiger partial charge in [-0.3, -0.25) is 4.68 Å². The molecule has 8 heteroatoms. The van der Waals surface area contributed by atoms with E-state index in [-0.39, 0.29) is 0 Å². The van der Waals surface area contributed by atoms with Crippen LogP contribution in [0.3, 0.4) is 0 Å². The van der Waals surface area contributed by atoms with Crippen LogP contribution >= 0.6 is 23.1 Å². The summed E-state index contributed by atoms with van der Waals surface area (Å²) < 4.78 is 29.8. The second-order valence-electron chi connectivity index (χ2n) is 5.88. The van der Waals surface area contributed by atoms with E-state index in [9.17, 15) is 8.42 Å². The van der Waals surface area contributed by atoms with E-state index in [1.165, 1.54) is 4.88 Å². The van der Waals surface area contributed by atoms with Gasteiger partial charge in [-0.2, -0.15) is 21.2 Å². The van der Waals surface area contributed by atoms with Crippen LogP contribution in [0.1, 0.15) is 34.9 Å². The van der Waals surface area contributed by atoms with Gasteiger partial charge in [0.05, 0.1) is 11.4 Å². The highest BCUT2D eigenvalue weighted by Crippen LogP contribution is 2.38. The van der Waals surface area contributed by atoms with Crippen molar-refractivity contribution in [1.82, 2.24) is 14.1 Å². The van der Waals surface area contributed by atoms with E-state index in [0.29, 0.717) is 35.5 Å². The summed E-state index contributed by atoms with van der Waals surface area (Å²) in [7, 11) is -3.49. The van der Waals surface area contributed by atoms with Crippen LogP contribution in [0.25, 0.3) is 0 Å². The Morgan fingerprint density at radius 3 is 2.75 bits per heavy atom. The van der Waals surface area contributed by atoms with Crippen LogP contribution < -0.4 is 0 Å². The summed E-state index contributed by atoms with van der Waals surface area (Å²) in [5.41, 5.74) is 1.34. The molecular weight excluding hydrogens is 362 g/mol. The van der Waals surface area contributed by atoms with Crippen LogP contribution in [-0.2, 0) is 16.6 Å². The maximum atomic E-state index is 13.2. The topological polar surface area (TPSA) is 55.2 Å². The van der Waals surface area contributed by atoms with Gasteiger partial charge in [-0.25, -0.2) is 8.42 Å². The van der Waals surface area contributed by atoms with E-state index in [1.807, 2.05) is 25.6 Å².